The summed E-state index contributed by atoms with van der Waals surface area (Å²) in [5, 5.41) is -0.169. The standard InChI is InChI=1S/C24H19BrN2O5S2/c1-2-32-16(28)12-26-23-20(34-24(26)31)17(13-7-6-8-14(25)11-13)18-19(33-23)22(30)27(21(18)29)15-9-4-3-5-10-15/h3-11,17-19H,2,12H2,1H3/t17-,18-,19+/m0/s1. The minimum atomic E-state index is -0.716. The molecule has 1 fully saturated rings. The highest BCUT2D eigenvalue weighted by Gasteiger charge is 2.56. The third-order valence-corrected chi connectivity index (χ3v) is 8.96. The van der Waals surface area contributed by atoms with Gasteiger partial charge in [-0.1, -0.05) is 69.4 Å². The number of thiazole rings is 1. The Morgan fingerprint density at radius 3 is 2.53 bits per heavy atom. The zero-order chi connectivity index (χ0) is 24.0. The van der Waals surface area contributed by atoms with Crippen LogP contribution in [0.3, 0.4) is 0 Å². The number of anilines is 1. The molecule has 174 valence electrons. The highest BCUT2D eigenvalue weighted by molar-refractivity contribution is 9.10. The second kappa shape index (κ2) is 9.16. The average Bonchev–Trinajstić information content (AvgIpc) is 3.26. The fourth-order valence-corrected chi connectivity index (χ4v) is 7.67. The van der Waals surface area contributed by atoms with Gasteiger partial charge in [-0.2, -0.15) is 0 Å². The molecule has 0 radical (unpaired) electrons. The summed E-state index contributed by atoms with van der Waals surface area (Å²) in [6, 6.07) is 16.4. The lowest BCUT2D eigenvalue weighted by Crippen LogP contribution is -2.32. The van der Waals surface area contributed by atoms with Crippen LogP contribution in [0.2, 0.25) is 0 Å². The number of rotatable bonds is 5. The van der Waals surface area contributed by atoms with E-state index in [0.717, 1.165) is 21.4 Å². The SMILES string of the molecule is CCOC(=O)Cn1c2c(sc1=O)[C@@H](c1cccc(Br)c1)[C@@H]1C(=O)N(c3ccccc3)C(=O)[C@@H]1S2. The first-order chi connectivity index (χ1) is 16.4. The van der Waals surface area contributed by atoms with E-state index in [2.05, 4.69) is 15.9 Å². The van der Waals surface area contributed by atoms with Gasteiger partial charge in [0, 0.05) is 15.3 Å². The van der Waals surface area contributed by atoms with Gasteiger partial charge in [-0.25, -0.2) is 4.90 Å². The van der Waals surface area contributed by atoms with E-state index in [9.17, 15) is 19.2 Å². The van der Waals surface area contributed by atoms with Crippen molar-refractivity contribution in [2.75, 3.05) is 11.5 Å². The number of nitrogens with zero attached hydrogens (tertiary/aromatic N) is 2. The van der Waals surface area contributed by atoms with Gasteiger partial charge in [0.05, 0.1) is 23.2 Å². The summed E-state index contributed by atoms with van der Waals surface area (Å²) in [5.41, 5.74) is 1.35. The number of aromatic nitrogens is 1. The van der Waals surface area contributed by atoms with Crippen molar-refractivity contribution in [3.05, 3.63) is 79.2 Å². The van der Waals surface area contributed by atoms with E-state index in [4.69, 9.17) is 4.74 Å². The van der Waals surface area contributed by atoms with Crippen LogP contribution in [0, 0.1) is 5.92 Å². The number of para-hydroxylation sites is 1. The number of hydrogen-bond acceptors (Lipinski definition) is 7. The van der Waals surface area contributed by atoms with Crippen molar-refractivity contribution in [2.24, 2.45) is 5.92 Å². The zero-order valence-electron chi connectivity index (χ0n) is 18.0. The summed E-state index contributed by atoms with van der Waals surface area (Å²) >= 11 is 5.70. The van der Waals surface area contributed by atoms with E-state index in [1.54, 1.807) is 31.2 Å². The number of hydrogen-bond donors (Lipinski definition) is 0. The van der Waals surface area contributed by atoms with Crippen LogP contribution in [0.1, 0.15) is 23.3 Å². The first kappa shape index (κ1) is 23.1. The van der Waals surface area contributed by atoms with Crippen molar-refractivity contribution >= 4 is 62.5 Å². The molecule has 0 N–H and O–H groups in total. The molecule has 2 aliphatic rings. The Morgan fingerprint density at radius 1 is 1.06 bits per heavy atom. The van der Waals surface area contributed by atoms with Crippen LogP contribution in [-0.4, -0.2) is 34.2 Å². The molecule has 0 aliphatic carbocycles. The smallest absolute Gasteiger partial charge is 0.326 e. The van der Waals surface area contributed by atoms with E-state index in [1.807, 2.05) is 30.3 Å². The Morgan fingerprint density at radius 2 is 1.82 bits per heavy atom. The summed E-state index contributed by atoms with van der Waals surface area (Å²) in [7, 11) is 0. The Kier molecular flexibility index (Phi) is 6.22. The number of benzene rings is 2. The van der Waals surface area contributed by atoms with Crippen LogP contribution in [0.4, 0.5) is 5.69 Å². The molecule has 7 nitrogen and oxygen atoms in total. The molecule has 34 heavy (non-hydrogen) atoms. The van der Waals surface area contributed by atoms with E-state index in [-0.39, 0.29) is 29.8 Å². The van der Waals surface area contributed by atoms with Gasteiger partial charge in [0.2, 0.25) is 11.8 Å². The summed E-state index contributed by atoms with van der Waals surface area (Å²) in [6.45, 7) is 1.67. The summed E-state index contributed by atoms with van der Waals surface area (Å²) < 4.78 is 7.25. The number of halogens is 1. The summed E-state index contributed by atoms with van der Waals surface area (Å²) in [6.07, 6.45) is 0. The number of amides is 2. The number of thioether (sulfide) groups is 1. The van der Waals surface area contributed by atoms with Crippen LogP contribution < -0.4 is 9.77 Å². The quantitative estimate of drug-likeness (QED) is 0.347. The van der Waals surface area contributed by atoms with Crippen molar-refractivity contribution in [1.82, 2.24) is 4.57 Å². The van der Waals surface area contributed by atoms with Gasteiger partial charge in [-0.05, 0) is 36.8 Å². The maximum Gasteiger partial charge on any atom is 0.326 e. The minimum absolute atomic E-state index is 0.206. The number of carbonyl (C=O) groups is 3. The third kappa shape index (κ3) is 3.83. The molecule has 3 heterocycles. The van der Waals surface area contributed by atoms with Crippen molar-refractivity contribution in [1.29, 1.82) is 0 Å². The number of imide groups is 1. The average molecular weight is 559 g/mol. The lowest BCUT2D eigenvalue weighted by molar-refractivity contribution is -0.144. The number of fused-ring (bicyclic) bond motifs is 2. The predicted octanol–water partition coefficient (Wildman–Crippen LogP) is 4.03. The zero-order valence-corrected chi connectivity index (χ0v) is 21.2. The Labute approximate surface area is 211 Å². The Balaban J connectivity index is 1.66. The molecular weight excluding hydrogens is 540 g/mol. The minimum Gasteiger partial charge on any atom is -0.465 e. The number of ether oxygens (including phenoxy) is 1. The molecule has 0 saturated carbocycles. The normalized spacial score (nSPS) is 21.4. The molecule has 0 spiro atoms. The van der Waals surface area contributed by atoms with Crippen molar-refractivity contribution in [3.63, 3.8) is 0 Å². The van der Waals surface area contributed by atoms with Gasteiger partial charge in [0.1, 0.15) is 11.8 Å². The van der Waals surface area contributed by atoms with Gasteiger partial charge in [0.25, 0.3) is 0 Å². The Bertz CT molecular complexity index is 1350. The number of esters is 1. The monoisotopic (exact) mass is 558 g/mol. The van der Waals surface area contributed by atoms with Crippen LogP contribution in [0.5, 0.6) is 0 Å². The van der Waals surface area contributed by atoms with Crippen LogP contribution in [-0.2, 0) is 25.7 Å². The molecule has 1 saturated heterocycles. The van der Waals surface area contributed by atoms with Gasteiger partial charge >= 0.3 is 10.8 Å². The highest BCUT2D eigenvalue weighted by atomic mass is 79.9. The first-order valence-electron chi connectivity index (χ1n) is 10.6. The van der Waals surface area contributed by atoms with Crippen molar-refractivity contribution < 1.29 is 19.1 Å². The fourth-order valence-electron chi connectivity index (χ4n) is 4.48. The lowest BCUT2D eigenvalue weighted by atomic mass is 9.83. The third-order valence-electron chi connectivity index (χ3n) is 5.86. The fraction of sp³-hybridized carbons (Fsp3) is 0.250. The molecule has 2 amide bonds. The molecule has 2 aliphatic heterocycles. The molecule has 0 bridgehead atoms. The second-order valence-electron chi connectivity index (χ2n) is 7.87. The van der Waals surface area contributed by atoms with Crippen molar-refractivity contribution in [2.45, 2.75) is 29.7 Å². The summed E-state index contributed by atoms with van der Waals surface area (Å²) in [4.78, 5) is 54.0. The van der Waals surface area contributed by atoms with Crippen molar-refractivity contribution in [3.8, 4) is 0 Å². The number of carbonyl (C=O) groups excluding carboxylic acids is 3. The van der Waals surface area contributed by atoms with E-state index in [0.29, 0.717) is 15.6 Å². The van der Waals surface area contributed by atoms with Crippen LogP contribution >= 0.6 is 39.0 Å². The van der Waals surface area contributed by atoms with Gasteiger partial charge in [0.15, 0.2) is 0 Å². The molecule has 1 aromatic heterocycles. The lowest BCUT2D eigenvalue weighted by Gasteiger charge is -2.30. The summed E-state index contributed by atoms with van der Waals surface area (Å²) in [5.74, 6) is -2.30. The highest BCUT2D eigenvalue weighted by Crippen LogP contribution is 2.54. The molecule has 10 heteroatoms. The largest absolute Gasteiger partial charge is 0.465 e. The maximum absolute atomic E-state index is 13.7. The van der Waals surface area contributed by atoms with Crippen LogP contribution in [0.15, 0.2) is 68.9 Å². The maximum atomic E-state index is 13.7. The first-order valence-corrected chi connectivity index (χ1v) is 13.1. The molecule has 3 atom stereocenters. The van der Waals surface area contributed by atoms with Crippen LogP contribution in [0.25, 0.3) is 0 Å². The predicted molar refractivity (Wildman–Crippen MR) is 133 cm³/mol. The van der Waals surface area contributed by atoms with Gasteiger partial charge in [-0.3, -0.25) is 23.7 Å². The Hall–Kier alpha value is -2.69. The molecule has 2 aromatic carbocycles. The van der Waals surface area contributed by atoms with Gasteiger partial charge in [-0.15, -0.1) is 0 Å². The van der Waals surface area contributed by atoms with E-state index >= 15 is 0 Å². The molecule has 0 unspecified atom stereocenters. The molecule has 3 aromatic rings. The molecular formula is C24H19BrN2O5S2. The van der Waals surface area contributed by atoms with E-state index < -0.39 is 23.1 Å². The second-order valence-corrected chi connectivity index (χ2v) is 10.9. The van der Waals surface area contributed by atoms with Gasteiger partial charge < -0.3 is 4.74 Å². The molecule has 5 rings (SSSR count). The van der Waals surface area contributed by atoms with E-state index in [1.165, 1.54) is 21.2 Å². The topological polar surface area (TPSA) is 85.7 Å².